The minimum atomic E-state index is -0.508. The van der Waals surface area contributed by atoms with Gasteiger partial charge in [0.25, 0.3) is 0 Å². The first-order chi connectivity index (χ1) is 13.7. The molecule has 0 atom stereocenters. The van der Waals surface area contributed by atoms with Crippen LogP contribution in [-0.4, -0.2) is 42.1 Å². The first-order valence-corrected chi connectivity index (χ1v) is 11.2. The van der Waals surface area contributed by atoms with Gasteiger partial charge in [-0.3, -0.25) is 4.79 Å². The first-order valence-electron chi connectivity index (χ1n) is 10.8. The lowest BCUT2D eigenvalue weighted by atomic mass is 9.93. The third-order valence-electron chi connectivity index (χ3n) is 5.59. The molecule has 0 fully saturated rings. The van der Waals surface area contributed by atoms with Crippen molar-refractivity contribution in [3.05, 3.63) is 27.8 Å². The van der Waals surface area contributed by atoms with Crippen molar-refractivity contribution in [2.75, 3.05) is 24.5 Å². The molecule has 1 aromatic carbocycles. The van der Waals surface area contributed by atoms with Crippen molar-refractivity contribution < 1.29 is 14.3 Å². The minimum Gasteiger partial charge on any atom is -0.444 e. The Labute approximate surface area is 179 Å². The summed E-state index contributed by atoms with van der Waals surface area (Å²) in [6.45, 7) is 9.67. The molecule has 29 heavy (non-hydrogen) atoms. The van der Waals surface area contributed by atoms with E-state index in [4.69, 9.17) is 16.3 Å². The van der Waals surface area contributed by atoms with E-state index in [1.165, 1.54) is 5.56 Å². The van der Waals surface area contributed by atoms with Crippen LogP contribution >= 0.6 is 11.6 Å². The first kappa shape index (κ1) is 21.9. The van der Waals surface area contributed by atoms with Crippen LogP contribution in [0.2, 0.25) is 5.02 Å². The summed E-state index contributed by atoms with van der Waals surface area (Å²) in [5, 5.41) is 0.702. The molecule has 6 heteroatoms. The van der Waals surface area contributed by atoms with Crippen LogP contribution in [0.5, 0.6) is 0 Å². The van der Waals surface area contributed by atoms with E-state index in [1.807, 2.05) is 25.7 Å². The Morgan fingerprint density at radius 3 is 2.52 bits per heavy atom. The van der Waals surface area contributed by atoms with Gasteiger partial charge in [0.1, 0.15) is 5.60 Å². The van der Waals surface area contributed by atoms with E-state index in [2.05, 4.69) is 13.0 Å². The molecule has 0 unspecified atom stereocenters. The second kappa shape index (κ2) is 8.95. The van der Waals surface area contributed by atoms with Gasteiger partial charge in [-0.1, -0.05) is 31.0 Å². The van der Waals surface area contributed by atoms with Crippen LogP contribution < -0.4 is 4.90 Å². The predicted octanol–water partition coefficient (Wildman–Crippen LogP) is 5.15. The molecule has 0 bridgehead atoms. The largest absolute Gasteiger partial charge is 0.444 e. The maximum Gasteiger partial charge on any atom is 0.410 e. The van der Waals surface area contributed by atoms with Gasteiger partial charge >= 0.3 is 6.09 Å². The number of carbonyl (C=O) groups excluding carboxylic acids is 2. The summed E-state index contributed by atoms with van der Waals surface area (Å²) in [4.78, 5) is 29.0. The summed E-state index contributed by atoms with van der Waals surface area (Å²) in [6, 6.07) is 2.22. The van der Waals surface area contributed by atoms with E-state index in [0.717, 1.165) is 55.5 Å². The number of halogens is 1. The summed E-state index contributed by atoms with van der Waals surface area (Å²) in [5.74, 6) is 0.165. The highest BCUT2D eigenvalue weighted by Gasteiger charge is 2.30. The summed E-state index contributed by atoms with van der Waals surface area (Å²) < 4.78 is 5.55. The monoisotopic (exact) mass is 420 g/mol. The topological polar surface area (TPSA) is 49.9 Å². The molecule has 0 saturated carbocycles. The number of hydrogen-bond donors (Lipinski definition) is 0. The van der Waals surface area contributed by atoms with Crippen molar-refractivity contribution in [1.29, 1.82) is 0 Å². The molecule has 2 heterocycles. The number of fused-ring (bicyclic) bond motifs is 2. The van der Waals surface area contributed by atoms with Crippen molar-refractivity contribution in [1.82, 2.24) is 4.90 Å². The third kappa shape index (κ3) is 5.06. The fourth-order valence-corrected chi connectivity index (χ4v) is 4.58. The Balaban J connectivity index is 1.85. The molecule has 2 aliphatic heterocycles. The number of nitrogens with zero attached hydrogens (tertiary/aromatic N) is 2. The van der Waals surface area contributed by atoms with Gasteiger partial charge in [0.15, 0.2) is 0 Å². The fraction of sp³-hybridized carbons (Fsp3) is 0.652. The Morgan fingerprint density at radius 1 is 1.10 bits per heavy atom. The van der Waals surface area contributed by atoms with E-state index in [-0.39, 0.29) is 12.0 Å². The van der Waals surface area contributed by atoms with Crippen LogP contribution in [0.4, 0.5) is 10.5 Å². The summed E-state index contributed by atoms with van der Waals surface area (Å²) in [7, 11) is 0. The zero-order chi connectivity index (χ0) is 21.2. The zero-order valence-electron chi connectivity index (χ0n) is 18.1. The van der Waals surface area contributed by atoms with Gasteiger partial charge in [0.05, 0.1) is 10.7 Å². The molecule has 0 spiro atoms. The molecule has 2 aliphatic rings. The van der Waals surface area contributed by atoms with Crippen LogP contribution in [0.25, 0.3) is 0 Å². The van der Waals surface area contributed by atoms with Crippen LogP contribution in [0, 0.1) is 0 Å². The highest BCUT2D eigenvalue weighted by molar-refractivity contribution is 6.35. The van der Waals surface area contributed by atoms with Crippen LogP contribution in [0.3, 0.4) is 0 Å². The van der Waals surface area contributed by atoms with Gasteiger partial charge in [-0.2, -0.15) is 0 Å². The molecule has 2 amide bonds. The minimum absolute atomic E-state index is 0.165. The molecular formula is C23H33ClN2O3. The Morgan fingerprint density at radius 2 is 1.83 bits per heavy atom. The SMILES string of the molecule is CCCCC(=O)N1CCCc2cc3c(c(Cl)c21)CCN(C(=O)OC(C)(C)C)CC3. The summed E-state index contributed by atoms with van der Waals surface area (Å²) in [5.41, 5.74) is 3.83. The number of aryl methyl sites for hydroxylation is 1. The van der Waals surface area contributed by atoms with Crippen LogP contribution in [0.15, 0.2) is 6.07 Å². The molecule has 160 valence electrons. The quantitative estimate of drug-likeness (QED) is 0.679. The number of rotatable bonds is 3. The van der Waals surface area contributed by atoms with Crippen molar-refractivity contribution in [2.24, 2.45) is 0 Å². The molecule has 0 radical (unpaired) electrons. The predicted molar refractivity (Wildman–Crippen MR) is 117 cm³/mol. The van der Waals surface area contributed by atoms with E-state index < -0.39 is 5.60 Å². The van der Waals surface area contributed by atoms with Crippen LogP contribution in [-0.2, 0) is 28.8 Å². The van der Waals surface area contributed by atoms with Gasteiger partial charge < -0.3 is 14.5 Å². The summed E-state index contributed by atoms with van der Waals surface area (Å²) >= 11 is 6.90. The maximum atomic E-state index is 12.8. The average molecular weight is 421 g/mol. The number of unbranched alkanes of at least 4 members (excludes halogenated alkanes) is 1. The normalized spacial score (nSPS) is 16.7. The average Bonchev–Trinajstić information content (AvgIpc) is 2.87. The molecule has 0 aromatic heterocycles. The van der Waals surface area contributed by atoms with Gasteiger partial charge in [-0.05, 0) is 69.6 Å². The number of benzene rings is 1. The van der Waals surface area contributed by atoms with E-state index in [0.29, 0.717) is 31.0 Å². The zero-order valence-corrected chi connectivity index (χ0v) is 18.9. The fourth-order valence-electron chi connectivity index (χ4n) is 4.14. The van der Waals surface area contributed by atoms with E-state index in [1.54, 1.807) is 4.90 Å². The summed E-state index contributed by atoms with van der Waals surface area (Å²) in [6.07, 6.45) is 5.53. The second-order valence-corrected chi connectivity index (χ2v) is 9.43. The number of ether oxygens (including phenoxy) is 1. The van der Waals surface area contributed by atoms with Crippen molar-refractivity contribution in [3.63, 3.8) is 0 Å². The molecule has 0 aliphatic carbocycles. The second-order valence-electron chi connectivity index (χ2n) is 9.06. The molecule has 3 rings (SSSR count). The molecule has 0 N–H and O–H groups in total. The van der Waals surface area contributed by atoms with Gasteiger partial charge in [0, 0.05) is 26.1 Å². The van der Waals surface area contributed by atoms with Crippen molar-refractivity contribution in [3.8, 4) is 0 Å². The molecule has 5 nitrogen and oxygen atoms in total. The number of anilines is 1. The number of amides is 2. The van der Waals surface area contributed by atoms with Crippen LogP contribution in [0.1, 0.15) is 70.1 Å². The lowest BCUT2D eigenvalue weighted by molar-refractivity contribution is -0.118. The maximum absolute atomic E-state index is 12.8. The van der Waals surface area contributed by atoms with Gasteiger partial charge in [-0.15, -0.1) is 0 Å². The Kier molecular flexibility index (Phi) is 6.77. The van der Waals surface area contributed by atoms with Crippen molar-refractivity contribution in [2.45, 2.75) is 78.2 Å². The highest BCUT2D eigenvalue weighted by Crippen LogP contribution is 2.40. The lowest BCUT2D eigenvalue weighted by Crippen LogP contribution is -2.38. The van der Waals surface area contributed by atoms with Gasteiger partial charge in [0.2, 0.25) is 5.91 Å². The molecule has 1 aromatic rings. The standard InChI is InChI=1S/C23H33ClN2O3/c1-5-6-9-19(27)26-12-7-8-17-15-16-10-13-25(22(28)29-23(2,3)4)14-11-18(16)20(24)21(17)26/h15H,5-14H2,1-4H3. The van der Waals surface area contributed by atoms with E-state index >= 15 is 0 Å². The Bertz CT molecular complexity index is 785. The lowest BCUT2D eigenvalue weighted by Gasteiger charge is -2.32. The van der Waals surface area contributed by atoms with E-state index in [9.17, 15) is 9.59 Å². The third-order valence-corrected chi connectivity index (χ3v) is 6.00. The number of hydrogen-bond acceptors (Lipinski definition) is 3. The van der Waals surface area contributed by atoms with Crippen molar-refractivity contribution >= 4 is 29.3 Å². The smallest absolute Gasteiger partial charge is 0.410 e. The Hall–Kier alpha value is -1.75. The number of carbonyl (C=O) groups is 2. The highest BCUT2D eigenvalue weighted by atomic mass is 35.5. The molecule has 0 saturated heterocycles. The molecular weight excluding hydrogens is 388 g/mol. The van der Waals surface area contributed by atoms with Gasteiger partial charge in [-0.25, -0.2) is 4.79 Å².